The van der Waals surface area contributed by atoms with Gasteiger partial charge in [-0.05, 0) is 32.4 Å². The van der Waals surface area contributed by atoms with Crippen molar-refractivity contribution in [3.8, 4) is 0 Å². The predicted molar refractivity (Wildman–Crippen MR) is 69.9 cm³/mol. The predicted octanol–water partition coefficient (Wildman–Crippen LogP) is 2.83. The van der Waals surface area contributed by atoms with Gasteiger partial charge in [0, 0.05) is 5.54 Å². The van der Waals surface area contributed by atoms with Crippen LogP contribution in [-0.4, -0.2) is 22.6 Å². The molecule has 104 valence electrons. The Morgan fingerprint density at radius 1 is 1.37 bits per heavy atom. The van der Waals surface area contributed by atoms with E-state index in [4.69, 9.17) is 5.11 Å². The number of halogens is 1. The summed E-state index contributed by atoms with van der Waals surface area (Å²) < 4.78 is 13.6. The van der Waals surface area contributed by atoms with E-state index < -0.39 is 23.4 Å². The number of hydrogen-bond acceptors (Lipinski definition) is 2. The van der Waals surface area contributed by atoms with Gasteiger partial charge in [-0.2, -0.15) is 0 Å². The molecule has 0 atom stereocenters. The maximum atomic E-state index is 13.6. The van der Waals surface area contributed by atoms with Crippen molar-refractivity contribution in [3.05, 3.63) is 29.6 Å². The average molecular weight is 268 g/mol. The zero-order chi connectivity index (χ0) is 14.6. The molecule has 0 saturated carbocycles. The van der Waals surface area contributed by atoms with Crippen LogP contribution in [0.1, 0.15) is 37.6 Å². The molecule has 1 aromatic rings. The highest BCUT2D eigenvalue weighted by molar-refractivity contribution is 6.00. The van der Waals surface area contributed by atoms with Crippen LogP contribution in [0.4, 0.5) is 14.9 Å². The molecular formula is C13H17FN2O3. The summed E-state index contributed by atoms with van der Waals surface area (Å²) in [6.07, 6.45) is 0.684. The number of urea groups is 1. The highest BCUT2D eigenvalue weighted by Crippen LogP contribution is 2.20. The molecule has 1 aromatic carbocycles. The standard InChI is InChI=1S/C13H17FN2O3/c1-4-13(2,3)16-12(19)15-10-8(11(17)18)6-5-7-9(10)14/h5-7H,4H2,1-3H3,(H,17,18)(H2,15,16,19). The number of hydrogen-bond donors (Lipinski definition) is 3. The third-order valence-corrected chi connectivity index (χ3v) is 2.82. The van der Waals surface area contributed by atoms with E-state index in [2.05, 4.69) is 10.6 Å². The number of nitrogens with one attached hydrogen (secondary N) is 2. The lowest BCUT2D eigenvalue weighted by Gasteiger charge is -2.24. The summed E-state index contributed by atoms with van der Waals surface area (Å²) in [6.45, 7) is 5.52. The zero-order valence-corrected chi connectivity index (χ0v) is 11.1. The van der Waals surface area contributed by atoms with E-state index >= 15 is 0 Å². The molecule has 0 saturated heterocycles. The molecule has 0 bridgehead atoms. The fourth-order valence-corrected chi connectivity index (χ4v) is 1.37. The second-order valence-electron chi connectivity index (χ2n) is 4.78. The Balaban J connectivity index is 2.94. The van der Waals surface area contributed by atoms with Crippen LogP contribution in [0.25, 0.3) is 0 Å². The van der Waals surface area contributed by atoms with Crippen molar-refractivity contribution in [2.24, 2.45) is 0 Å². The Kier molecular flexibility index (Phi) is 4.47. The van der Waals surface area contributed by atoms with Crippen molar-refractivity contribution in [2.75, 3.05) is 5.32 Å². The monoisotopic (exact) mass is 268 g/mol. The van der Waals surface area contributed by atoms with E-state index in [0.717, 1.165) is 6.07 Å². The third-order valence-electron chi connectivity index (χ3n) is 2.82. The number of carboxylic acids is 1. The molecule has 0 aliphatic carbocycles. The highest BCUT2D eigenvalue weighted by Gasteiger charge is 2.21. The molecule has 6 heteroatoms. The van der Waals surface area contributed by atoms with Crippen LogP contribution in [0, 0.1) is 5.82 Å². The summed E-state index contributed by atoms with van der Waals surface area (Å²) in [5, 5.41) is 13.8. The summed E-state index contributed by atoms with van der Waals surface area (Å²) in [5.74, 6) is -2.09. The van der Waals surface area contributed by atoms with Crippen molar-refractivity contribution >= 4 is 17.7 Å². The lowest BCUT2D eigenvalue weighted by Crippen LogP contribution is -2.45. The molecule has 5 nitrogen and oxygen atoms in total. The SMILES string of the molecule is CCC(C)(C)NC(=O)Nc1c(F)cccc1C(=O)O. The average Bonchev–Trinajstić information content (AvgIpc) is 2.30. The lowest BCUT2D eigenvalue weighted by atomic mass is 10.0. The summed E-state index contributed by atoms with van der Waals surface area (Å²) >= 11 is 0. The van der Waals surface area contributed by atoms with Gasteiger partial charge in [-0.3, -0.25) is 0 Å². The third kappa shape index (κ3) is 3.94. The van der Waals surface area contributed by atoms with Crippen LogP contribution in [0.5, 0.6) is 0 Å². The van der Waals surface area contributed by atoms with Crippen molar-refractivity contribution in [1.29, 1.82) is 0 Å². The van der Waals surface area contributed by atoms with E-state index in [1.54, 1.807) is 0 Å². The van der Waals surface area contributed by atoms with Gasteiger partial charge in [-0.15, -0.1) is 0 Å². The number of carbonyl (C=O) groups is 2. The number of rotatable bonds is 4. The van der Waals surface area contributed by atoms with Gasteiger partial charge in [0.25, 0.3) is 0 Å². The number of aromatic carboxylic acids is 1. The molecule has 3 N–H and O–H groups in total. The molecule has 0 aliphatic heterocycles. The number of anilines is 1. The van der Waals surface area contributed by atoms with E-state index in [1.165, 1.54) is 12.1 Å². The maximum absolute atomic E-state index is 13.6. The van der Waals surface area contributed by atoms with Gasteiger partial charge in [-0.25, -0.2) is 14.0 Å². The Morgan fingerprint density at radius 3 is 2.53 bits per heavy atom. The quantitative estimate of drug-likeness (QED) is 0.785. The summed E-state index contributed by atoms with van der Waals surface area (Å²) in [4.78, 5) is 22.7. The Morgan fingerprint density at radius 2 is 2.00 bits per heavy atom. The second-order valence-corrected chi connectivity index (χ2v) is 4.78. The van der Waals surface area contributed by atoms with Crippen molar-refractivity contribution in [1.82, 2.24) is 5.32 Å². The van der Waals surface area contributed by atoms with Crippen LogP contribution < -0.4 is 10.6 Å². The molecule has 1 rings (SSSR count). The summed E-state index contributed by atoms with van der Waals surface area (Å²) in [7, 11) is 0. The molecule has 0 radical (unpaired) electrons. The minimum Gasteiger partial charge on any atom is -0.478 e. The van der Waals surface area contributed by atoms with Crippen molar-refractivity contribution in [3.63, 3.8) is 0 Å². The van der Waals surface area contributed by atoms with Gasteiger partial charge < -0.3 is 15.7 Å². The number of carboxylic acid groups (broad SMARTS) is 1. The second kappa shape index (κ2) is 5.69. The van der Waals surface area contributed by atoms with Gasteiger partial charge in [0.2, 0.25) is 0 Å². The number of carbonyl (C=O) groups excluding carboxylic acids is 1. The molecule has 0 fully saturated rings. The van der Waals surface area contributed by atoms with Gasteiger partial charge in [-0.1, -0.05) is 13.0 Å². The molecule has 2 amide bonds. The fraction of sp³-hybridized carbons (Fsp3) is 0.385. The molecule has 0 aliphatic rings. The van der Waals surface area contributed by atoms with Crippen LogP contribution in [0.2, 0.25) is 0 Å². The van der Waals surface area contributed by atoms with Crippen LogP contribution in [0.3, 0.4) is 0 Å². The minimum absolute atomic E-state index is 0.288. The maximum Gasteiger partial charge on any atom is 0.337 e. The Labute approximate surface area is 110 Å². The van der Waals surface area contributed by atoms with Gasteiger partial charge in [0.1, 0.15) is 5.82 Å². The first-order valence-electron chi connectivity index (χ1n) is 5.88. The van der Waals surface area contributed by atoms with E-state index in [0.29, 0.717) is 6.42 Å². The largest absolute Gasteiger partial charge is 0.478 e. The minimum atomic E-state index is -1.30. The van der Waals surface area contributed by atoms with Crippen LogP contribution in [-0.2, 0) is 0 Å². The van der Waals surface area contributed by atoms with E-state index in [9.17, 15) is 14.0 Å². The molecule has 0 heterocycles. The first kappa shape index (κ1) is 14.9. The molecule has 0 aromatic heterocycles. The molecule has 19 heavy (non-hydrogen) atoms. The molecule has 0 unspecified atom stereocenters. The number of amides is 2. The zero-order valence-electron chi connectivity index (χ0n) is 11.1. The van der Waals surface area contributed by atoms with E-state index in [1.807, 2.05) is 20.8 Å². The smallest absolute Gasteiger partial charge is 0.337 e. The fourth-order valence-electron chi connectivity index (χ4n) is 1.37. The first-order valence-corrected chi connectivity index (χ1v) is 5.88. The van der Waals surface area contributed by atoms with Gasteiger partial charge >= 0.3 is 12.0 Å². The first-order chi connectivity index (χ1) is 8.76. The Hall–Kier alpha value is -2.11. The normalized spacial score (nSPS) is 10.9. The topological polar surface area (TPSA) is 78.4 Å². The van der Waals surface area contributed by atoms with Crippen molar-refractivity contribution in [2.45, 2.75) is 32.7 Å². The van der Waals surface area contributed by atoms with Crippen molar-refractivity contribution < 1.29 is 19.1 Å². The highest BCUT2D eigenvalue weighted by atomic mass is 19.1. The number of benzene rings is 1. The van der Waals surface area contributed by atoms with Crippen LogP contribution >= 0.6 is 0 Å². The number of para-hydroxylation sites is 1. The Bertz CT molecular complexity index is 501. The molecule has 0 spiro atoms. The van der Waals surface area contributed by atoms with E-state index in [-0.39, 0.29) is 11.3 Å². The van der Waals surface area contributed by atoms with Crippen LogP contribution in [0.15, 0.2) is 18.2 Å². The summed E-state index contributed by atoms with van der Waals surface area (Å²) in [6, 6.07) is 2.95. The van der Waals surface area contributed by atoms with Gasteiger partial charge in [0.05, 0.1) is 11.3 Å². The lowest BCUT2D eigenvalue weighted by molar-refractivity contribution is 0.0697. The van der Waals surface area contributed by atoms with Gasteiger partial charge in [0.15, 0.2) is 0 Å². The molecular weight excluding hydrogens is 251 g/mol. The summed E-state index contributed by atoms with van der Waals surface area (Å²) in [5.41, 5.74) is -1.08.